The van der Waals surface area contributed by atoms with Gasteiger partial charge in [0.2, 0.25) is 11.8 Å². The summed E-state index contributed by atoms with van der Waals surface area (Å²) in [5, 5.41) is 9.32. The molecule has 0 spiro atoms. The lowest BCUT2D eigenvalue weighted by Gasteiger charge is -2.35. The van der Waals surface area contributed by atoms with Crippen molar-refractivity contribution >= 4 is 28.7 Å². The molecule has 1 aliphatic heterocycles. The van der Waals surface area contributed by atoms with Crippen LogP contribution in [0, 0.1) is 5.92 Å². The highest BCUT2D eigenvalue weighted by molar-refractivity contribution is 7.09. The Morgan fingerprint density at radius 2 is 1.90 bits per heavy atom. The summed E-state index contributed by atoms with van der Waals surface area (Å²) in [6.45, 7) is 6.97. The molecule has 2 aromatic rings. The monoisotopic (exact) mass is 560 g/mol. The number of benzene rings is 1. The second kappa shape index (κ2) is 12.8. The number of rotatable bonds is 8. The standard InChI is InChI=1S/C33H44N4O2S/c1-5-23-18-21(2)19-27(26-15-10-9-14-25(23)26)28-20-40-32(35-28)29-16-11-17-37(29)33(39)30(24-12-7-6-8-13-24)36-31(38)22(3)34-4/h9-10,14-15,18-20,22-24,29-30,34H,5-8,11-13,16-17H2,1-4H3,(H,36,38)/t22-,23?,29-,30-/m0/s1. The van der Waals surface area contributed by atoms with E-state index in [1.807, 2.05) is 11.8 Å². The van der Waals surface area contributed by atoms with E-state index in [0.29, 0.717) is 12.5 Å². The molecule has 1 aromatic heterocycles. The van der Waals surface area contributed by atoms with E-state index in [1.54, 1.807) is 18.4 Å². The van der Waals surface area contributed by atoms with E-state index < -0.39 is 6.04 Å². The van der Waals surface area contributed by atoms with Crippen molar-refractivity contribution in [2.45, 2.75) is 96.2 Å². The van der Waals surface area contributed by atoms with Crippen molar-refractivity contribution in [3.63, 3.8) is 0 Å². The maximum Gasteiger partial charge on any atom is 0.246 e. The van der Waals surface area contributed by atoms with E-state index in [2.05, 4.69) is 66.3 Å². The molecule has 214 valence electrons. The highest BCUT2D eigenvalue weighted by Crippen LogP contribution is 2.40. The molecule has 1 saturated heterocycles. The minimum atomic E-state index is -0.473. The Balaban J connectivity index is 1.41. The van der Waals surface area contributed by atoms with Gasteiger partial charge in [0, 0.05) is 23.4 Å². The number of hydrogen-bond donors (Lipinski definition) is 2. The lowest BCUT2D eigenvalue weighted by atomic mass is 9.83. The summed E-state index contributed by atoms with van der Waals surface area (Å²) in [4.78, 5) is 34.3. The first-order chi connectivity index (χ1) is 19.4. The van der Waals surface area contributed by atoms with Gasteiger partial charge in [0.1, 0.15) is 11.0 Å². The first-order valence-electron chi connectivity index (χ1n) is 15.1. The van der Waals surface area contributed by atoms with Crippen LogP contribution in [0.5, 0.6) is 0 Å². The third kappa shape index (κ3) is 5.96. The molecule has 6 nitrogen and oxygen atoms in total. The minimum absolute atomic E-state index is 0.0439. The number of aromatic nitrogens is 1. The summed E-state index contributed by atoms with van der Waals surface area (Å²) in [5.74, 6) is 0.540. The third-order valence-corrected chi connectivity index (χ3v) is 10.0. The van der Waals surface area contributed by atoms with E-state index in [9.17, 15) is 9.59 Å². The van der Waals surface area contributed by atoms with Crippen LogP contribution < -0.4 is 10.6 Å². The molecule has 0 bridgehead atoms. The van der Waals surface area contributed by atoms with E-state index in [1.165, 1.54) is 23.1 Å². The van der Waals surface area contributed by atoms with Gasteiger partial charge in [-0.2, -0.15) is 0 Å². The molecule has 0 radical (unpaired) electrons. The van der Waals surface area contributed by atoms with Crippen LogP contribution in [0.2, 0.25) is 0 Å². The number of carbonyl (C=O) groups excluding carboxylic acids is 2. The van der Waals surface area contributed by atoms with Crippen LogP contribution in [0.4, 0.5) is 0 Å². The van der Waals surface area contributed by atoms with Crippen molar-refractivity contribution in [2.24, 2.45) is 5.92 Å². The van der Waals surface area contributed by atoms with Crippen molar-refractivity contribution in [1.29, 1.82) is 0 Å². The summed E-state index contributed by atoms with van der Waals surface area (Å²) in [7, 11) is 1.78. The van der Waals surface area contributed by atoms with Crippen molar-refractivity contribution in [1.82, 2.24) is 20.5 Å². The molecule has 2 fully saturated rings. The van der Waals surface area contributed by atoms with Crippen LogP contribution in [0.1, 0.15) is 106 Å². The summed E-state index contributed by atoms with van der Waals surface area (Å²) in [6, 6.07) is 7.84. The van der Waals surface area contributed by atoms with Gasteiger partial charge in [0.15, 0.2) is 0 Å². The van der Waals surface area contributed by atoms with E-state index in [4.69, 9.17) is 4.98 Å². The van der Waals surface area contributed by atoms with Gasteiger partial charge in [-0.3, -0.25) is 9.59 Å². The molecule has 3 aliphatic rings. The minimum Gasteiger partial charge on any atom is -0.343 e. The van der Waals surface area contributed by atoms with E-state index >= 15 is 0 Å². The molecule has 4 atom stereocenters. The number of likely N-dealkylation sites (tertiary alicyclic amines) is 1. The summed E-state index contributed by atoms with van der Waals surface area (Å²) >= 11 is 1.66. The van der Waals surface area contributed by atoms with E-state index in [-0.39, 0.29) is 29.8 Å². The van der Waals surface area contributed by atoms with Crippen LogP contribution in [0.15, 0.2) is 47.4 Å². The van der Waals surface area contributed by atoms with Crippen LogP contribution >= 0.6 is 11.3 Å². The fourth-order valence-corrected chi connectivity index (χ4v) is 7.63. The highest BCUT2D eigenvalue weighted by atomic mass is 32.1. The first kappa shape index (κ1) is 28.7. The average Bonchev–Trinajstić information content (AvgIpc) is 3.64. The molecule has 1 aromatic carbocycles. The normalized spacial score (nSPS) is 23.1. The fraction of sp³-hybridized carbons (Fsp3) is 0.545. The van der Waals surface area contributed by atoms with Crippen LogP contribution in [-0.4, -0.2) is 47.4 Å². The van der Waals surface area contributed by atoms with Crippen molar-refractivity contribution in [2.75, 3.05) is 13.6 Å². The zero-order valence-electron chi connectivity index (χ0n) is 24.4. The van der Waals surface area contributed by atoms with Gasteiger partial charge in [0.05, 0.1) is 17.8 Å². The number of fused-ring (bicyclic) bond motifs is 1. The Morgan fingerprint density at radius 1 is 1.12 bits per heavy atom. The molecule has 2 aliphatic carbocycles. The van der Waals surface area contributed by atoms with Crippen LogP contribution in [0.25, 0.3) is 5.57 Å². The maximum absolute atomic E-state index is 14.2. The number of carbonyl (C=O) groups is 2. The SMILES string of the molecule is CCC1C=C(C)C=C(c2csc([C@@H]3CCCN3C(=O)[C@@H](NC(=O)[C@H](C)NC)C3CCCCC3)n2)c2ccccc21. The van der Waals surface area contributed by atoms with Gasteiger partial charge >= 0.3 is 0 Å². The second-order valence-electron chi connectivity index (χ2n) is 11.7. The number of allylic oxidation sites excluding steroid dienone is 3. The maximum atomic E-state index is 14.2. The van der Waals surface area contributed by atoms with Gasteiger partial charge in [0.25, 0.3) is 0 Å². The van der Waals surface area contributed by atoms with Crippen LogP contribution in [-0.2, 0) is 9.59 Å². The zero-order valence-corrected chi connectivity index (χ0v) is 25.2. The first-order valence-corrected chi connectivity index (χ1v) is 16.0. The summed E-state index contributed by atoms with van der Waals surface area (Å²) in [5.41, 5.74) is 6.00. The van der Waals surface area contributed by atoms with Gasteiger partial charge in [-0.25, -0.2) is 4.98 Å². The number of thiazole rings is 1. The van der Waals surface area contributed by atoms with E-state index in [0.717, 1.165) is 61.2 Å². The zero-order chi connectivity index (χ0) is 28.2. The Bertz CT molecular complexity index is 1270. The predicted octanol–water partition coefficient (Wildman–Crippen LogP) is 6.36. The average molecular weight is 561 g/mol. The quantitative estimate of drug-likeness (QED) is 0.394. The van der Waals surface area contributed by atoms with Crippen molar-refractivity contribution in [3.05, 3.63) is 69.2 Å². The molecule has 40 heavy (non-hydrogen) atoms. The van der Waals surface area contributed by atoms with Gasteiger partial charge in [-0.05, 0) is 76.1 Å². The predicted molar refractivity (Wildman–Crippen MR) is 163 cm³/mol. The van der Waals surface area contributed by atoms with Gasteiger partial charge in [-0.1, -0.05) is 62.1 Å². The van der Waals surface area contributed by atoms with Crippen molar-refractivity contribution < 1.29 is 9.59 Å². The van der Waals surface area contributed by atoms with Gasteiger partial charge < -0.3 is 15.5 Å². The third-order valence-electron chi connectivity index (χ3n) is 9.06. The van der Waals surface area contributed by atoms with Crippen molar-refractivity contribution in [3.8, 4) is 0 Å². The Kier molecular flexibility index (Phi) is 9.21. The molecule has 5 rings (SSSR count). The number of nitrogens with zero attached hydrogens (tertiary/aromatic N) is 2. The number of hydrogen-bond acceptors (Lipinski definition) is 5. The second-order valence-corrected chi connectivity index (χ2v) is 12.6. The fourth-order valence-electron chi connectivity index (χ4n) is 6.66. The van der Waals surface area contributed by atoms with Crippen LogP contribution in [0.3, 0.4) is 0 Å². The molecule has 2 heterocycles. The Hall–Kier alpha value is -2.77. The topological polar surface area (TPSA) is 74.3 Å². The Morgan fingerprint density at radius 3 is 2.65 bits per heavy atom. The lowest BCUT2D eigenvalue weighted by molar-refractivity contribution is -0.139. The highest BCUT2D eigenvalue weighted by Gasteiger charge is 2.40. The smallest absolute Gasteiger partial charge is 0.246 e. The molecule has 2 amide bonds. The molecular weight excluding hydrogens is 516 g/mol. The molecule has 7 heteroatoms. The summed E-state index contributed by atoms with van der Waals surface area (Å²) in [6.07, 6.45) is 13.0. The number of likely N-dealkylation sites (N-methyl/N-ethyl adjacent to an activating group) is 1. The molecule has 2 N–H and O–H groups in total. The lowest BCUT2D eigenvalue weighted by Crippen LogP contribution is -2.55. The number of nitrogens with one attached hydrogen (secondary N) is 2. The number of amides is 2. The molecule has 1 saturated carbocycles. The van der Waals surface area contributed by atoms with Gasteiger partial charge in [-0.15, -0.1) is 11.3 Å². The molecule has 1 unspecified atom stereocenters. The Labute approximate surface area is 243 Å². The largest absolute Gasteiger partial charge is 0.343 e. The molecular formula is C33H44N4O2S. The summed E-state index contributed by atoms with van der Waals surface area (Å²) < 4.78 is 0.